The molecule has 0 saturated heterocycles. The standard InChI is InChI=1S/C11H12BrFO/c1-11(2,3)10(14)7-4-8(12)6-9(13)5-7/h4-6H,1-3H3. The minimum absolute atomic E-state index is 0.0577. The summed E-state index contributed by atoms with van der Waals surface area (Å²) in [5.41, 5.74) is -0.0721. The number of carbonyl (C=O) groups is 1. The fourth-order valence-electron chi connectivity index (χ4n) is 1.12. The first-order valence-corrected chi connectivity index (χ1v) is 5.11. The Kier molecular flexibility index (Phi) is 3.10. The number of benzene rings is 1. The number of Topliss-reactive ketones (excluding diaryl/α,β-unsaturated/α-hetero) is 1. The Bertz CT molecular complexity index is 346. The Labute approximate surface area is 91.5 Å². The van der Waals surface area contributed by atoms with Crippen molar-refractivity contribution in [1.29, 1.82) is 0 Å². The van der Waals surface area contributed by atoms with Gasteiger partial charge in [0, 0.05) is 15.5 Å². The maximum atomic E-state index is 13.0. The van der Waals surface area contributed by atoms with E-state index in [2.05, 4.69) is 15.9 Å². The van der Waals surface area contributed by atoms with Crippen LogP contribution in [0.5, 0.6) is 0 Å². The first-order valence-electron chi connectivity index (χ1n) is 4.31. The lowest BCUT2D eigenvalue weighted by molar-refractivity contribution is 0.0858. The summed E-state index contributed by atoms with van der Waals surface area (Å²) >= 11 is 3.16. The van der Waals surface area contributed by atoms with E-state index in [1.807, 2.05) is 20.8 Å². The number of carbonyl (C=O) groups excluding carboxylic acids is 1. The third-order valence-electron chi connectivity index (χ3n) is 1.81. The molecule has 1 rings (SSSR count). The smallest absolute Gasteiger partial charge is 0.168 e. The predicted octanol–water partition coefficient (Wildman–Crippen LogP) is 3.82. The Hall–Kier alpha value is -0.700. The highest BCUT2D eigenvalue weighted by Crippen LogP contribution is 2.23. The van der Waals surface area contributed by atoms with Crippen molar-refractivity contribution in [1.82, 2.24) is 0 Å². The molecular weight excluding hydrogens is 247 g/mol. The van der Waals surface area contributed by atoms with Crippen LogP contribution < -0.4 is 0 Å². The average Bonchev–Trinajstić information content (AvgIpc) is 1.99. The normalized spacial score (nSPS) is 11.5. The molecule has 0 aliphatic rings. The molecule has 14 heavy (non-hydrogen) atoms. The van der Waals surface area contributed by atoms with Gasteiger partial charge < -0.3 is 0 Å². The first-order chi connectivity index (χ1) is 6.30. The molecule has 0 bridgehead atoms. The molecule has 76 valence electrons. The zero-order valence-corrected chi connectivity index (χ0v) is 9.98. The number of halogens is 2. The van der Waals surface area contributed by atoms with E-state index in [4.69, 9.17) is 0 Å². The van der Waals surface area contributed by atoms with Gasteiger partial charge in [0.1, 0.15) is 5.82 Å². The number of ketones is 1. The molecule has 0 radical (unpaired) electrons. The lowest BCUT2D eigenvalue weighted by Gasteiger charge is -2.16. The molecule has 0 saturated carbocycles. The van der Waals surface area contributed by atoms with Gasteiger partial charge >= 0.3 is 0 Å². The van der Waals surface area contributed by atoms with Crippen molar-refractivity contribution in [2.75, 3.05) is 0 Å². The molecule has 0 unspecified atom stereocenters. The van der Waals surface area contributed by atoms with Gasteiger partial charge in [0.15, 0.2) is 5.78 Å². The predicted molar refractivity (Wildman–Crippen MR) is 57.9 cm³/mol. The van der Waals surface area contributed by atoms with Gasteiger partial charge in [0.05, 0.1) is 0 Å². The molecule has 0 heterocycles. The molecule has 0 aliphatic carbocycles. The second kappa shape index (κ2) is 3.81. The maximum absolute atomic E-state index is 13.0. The van der Waals surface area contributed by atoms with Crippen molar-refractivity contribution in [2.45, 2.75) is 20.8 Å². The molecule has 1 aromatic rings. The van der Waals surface area contributed by atoms with Crippen molar-refractivity contribution in [3.05, 3.63) is 34.1 Å². The zero-order chi connectivity index (χ0) is 10.9. The minimum Gasteiger partial charge on any atom is -0.294 e. The molecule has 1 nitrogen and oxygen atoms in total. The zero-order valence-electron chi connectivity index (χ0n) is 8.40. The SMILES string of the molecule is CC(C)(C)C(=O)c1cc(F)cc(Br)c1. The molecule has 0 spiro atoms. The van der Waals surface area contributed by atoms with Gasteiger partial charge in [-0.3, -0.25) is 4.79 Å². The van der Waals surface area contributed by atoms with E-state index in [1.165, 1.54) is 12.1 Å². The van der Waals surface area contributed by atoms with Crippen LogP contribution in [-0.4, -0.2) is 5.78 Å². The van der Waals surface area contributed by atoms with Crippen LogP contribution in [0.4, 0.5) is 4.39 Å². The monoisotopic (exact) mass is 258 g/mol. The van der Waals surface area contributed by atoms with Gasteiger partial charge in [-0.05, 0) is 18.2 Å². The summed E-state index contributed by atoms with van der Waals surface area (Å²) in [5, 5.41) is 0. The van der Waals surface area contributed by atoms with Crippen molar-refractivity contribution in [2.24, 2.45) is 5.41 Å². The van der Waals surface area contributed by atoms with Crippen LogP contribution in [0.25, 0.3) is 0 Å². The molecule has 3 heteroatoms. The highest BCUT2D eigenvalue weighted by Gasteiger charge is 2.23. The number of hydrogen-bond donors (Lipinski definition) is 0. The second-order valence-corrected chi connectivity index (χ2v) is 5.15. The molecule has 0 aromatic heterocycles. The number of rotatable bonds is 1. The van der Waals surface area contributed by atoms with Crippen LogP contribution in [0.2, 0.25) is 0 Å². The van der Waals surface area contributed by atoms with Gasteiger partial charge in [0.25, 0.3) is 0 Å². The Morgan fingerprint density at radius 1 is 1.29 bits per heavy atom. The summed E-state index contributed by atoms with van der Waals surface area (Å²) in [6.07, 6.45) is 0. The Morgan fingerprint density at radius 2 is 1.86 bits per heavy atom. The lowest BCUT2D eigenvalue weighted by Crippen LogP contribution is -2.20. The van der Waals surface area contributed by atoms with Crippen LogP contribution in [0.1, 0.15) is 31.1 Å². The summed E-state index contributed by atoms with van der Waals surface area (Å²) in [7, 11) is 0. The summed E-state index contributed by atoms with van der Waals surface area (Å²) in [5.74, 6) is -0.454. The minimum atomic E-state index is -0.479. The van der Waals surface area contributed by atoms with E-state index in [0.29, 0.717) is 10.0 Å². The quantitative estimate of drug-likeness (QED) is 0.701. The maximum Gasteiger partial charge on any atom is 0.168 e. The topological polar surface area (TPSA) is 17.1 Å². The van der Waals surface area contributed by atoms with E-state index in [1.54, 1.807) is 6.07 Å². The fraction of sp³-hybridized carbons (Fsp3) is 0.364. The van der Waals surface area contributed by atoms with E-state index in [0.717, 1.165) is 0 Å². The van der Waals surface area contributed by atoms with Crippen LogP contribution in [0.3, 0.4) is 0 Å². The molecule has 0 aliphatic heterocycles. The van der Waals surface area contributed by atoms with Crippen LogP contribution in [0.15, 0.2) is 22.7 Å². The van der Waals surface area contributed by atoms with Crippen LogP contribution in [0, 0.1) is 11.2 Å². The summed E-state index contributed by atoms with van der Waals surface area (Å²) in [4.78, 5) is 11.8. The number of hydrogen-bond acceptors (Lipinski definition) is 1. The second-order valence-electron chi connectivity index (χ2n) is 4.24. The summed E-state index contributed by atoms with van der Waals surface area (Å²) in [6.45, 7) is 5.44. The van der Waals surface area contributed by atoms with Gasteiger partial charge in [-0.1, -0.05) is 36.7 Å². The third kappa shape index (κ3) is 2.64. The molecule has 1 aromatic carbocycles. The highest BCUT2D eigenvalue weighted by molar-refractivity contribution is 9.10. The molecular formula is C11H12BrFO. The summed E-state index contributed by atoms with van der Waals surface area (Å²) < 4.78 is 13.6. The summed E-state index contributed by atoms with van der Waals surface area (Å²) in [6, 6.07) is 4.23. The Morgan fingerprint density at radius 3 is 2.29 bits per heavy atom. The van der Waals surface area contributed by atoms with E-state index >= 15 is 0 Å². The highest BCUT2D eigenvalue weighted by atomic mass is 79.9. The Balaban J connectivity index is 3.14. The van der Waals surface area contributed by atoms with Crippen molar-refractivity contribution < 1.29 is 9.18 Å². The van der Waals surface area contributed by atoms with E-state index in [-0.39, 0.29) is 5.78 Å². The average molecular weight is 259 g/mol. The molecule has 0 atom stereocenters. The molecule has 0 amide bonds. The van der Waals surface area contributed by atoms with E-state index < -0.39 is 11.2 Å². The van der Waals surface area contributed by atoms with E-state index in [9.17, 15) is 9.18 Å². The van der Waals surface area contributed by atoms with Crippen LogP contribution >= 0.6 is 15.9 Å². The first kappa shape index (κ1) is 11.4. The third-order valence-corrected chi connectivity index (χ3v) is 2.26. The van der Waals surface area contributed by atoms with Gasteiger partial charge in [-0.15, -0.1) is 0 Å². The van der Waals surface area contributed by atoms with Crippen LogP contribution in [-0.2, 0) is 0 Å². The van der Waals surface area contributed by atoms with Crippen molar-refractivity contribution >= 4 is 21.7 Å². The molecule has 0 fully saturated rings. The van der Waals surface area contributed by atoms with Gasteiger partial charge in [-0.2, -0.15) is 0 Å². The fourth-order valence-corrected chi connectivity index (χ4v) is 1.58. The van der Waals surface area contributed by atoms with Gasteiger partial charge in [0.2, 0.25) is 0 Å². The lowest BCUT2D eigenvalue weighted by atomic mass is 9.86. The van der Waals surface area contributed by atoms with Crippen molar-refractivity contribution in [3.8, 4) is 0 Å². The van der Waals surface area contributed by atoms with Gasteiger partial charge in [-0.25, -0.2) is 4.39 Å². The molecule has 0 N–H and O–H groups in total. The largest absolute Gasteiger partial charge is 0.294 e. The van der Waals surface area contributed by atoms with Crippen molar-refractivity contribution in [3.63, 3.8) is 0 Å².